The van der Waals surface area contributed by atoms with Gasteiger partial charge in [-0.2, -0.15) is 40.6 Å². The van der Waals surface area contributed by atoms with E-state index in [-0.39, 0.29) is 26.7 Å². The van der Waals surface area contributed by atoms with E-state index in [2.05, 4.69) is 72.3 Å². The molecule has 0 radical (unpaired) electrons. The van der Waals surface area contributed by atoms with Gasteiger partial charge in [0.15, 0.2) is 0 Å². The molecule has 40 heavy (non-hydrogen) atoms. The van der Waals surface area contributed by atoms with Gasteiger partial charge in [-0.25, -0.2) is 40.7 Å². The summed E-state index contributed by atoms with van der Waals surface area (Å²) in [7, 11) is -27.9. The molecule has 0 amide bonds. The molecule has 0 aliphatic carbocycles. The highest BCUT2D eigenvalue weighted by molar-refractivity contribution is 7.85. The first kappa shape index (κ1) is 32.7. The van der Waals surface area contributed by atoms with E-state index in [0.717, 1.165) is 0 Å². The topological polar surface area (TPSA) is 468 Å². The van der Waals surface area contributed by atoms with Gasteiger partial charge in [0.25, 0.3) is 0 Å². The van der Waals surface area contributed by atoms with E-state index in [1.807, 2.05) is 0 Å². The molecule has 0 aromatic carbocycles. The molecule has 232 valence electrons. The number of rotatable bonds is 0. The minimum Gasteiger partial charge on any atom is -0.267 e. The predicted molar refractivity (Wildman–Crippen MR) is 171 cm³/mol. The molecule has 28 N–H and O–H groups in total. The molecule has 4 atom stereocenters. The third kappa shape index (κ3) is 7.58. The molecule has 4 bridgehead atoms. The second kappa shape index (κ2) is 10.7. The average Bonchev–Trinajstić information content (AvgIpc) is 2.66. The summed E-state index contributed by atoms with van der Waals surface area (Å²) in [5.74, 6) is 0. The van der Waals surface area contributed by atoms with Crippen LogP contribution in [-0.2, 0) is 0 Å². The van der Waals surface area contributed by atoms with Crippen molar-refractivity contribution in [2.45, 2.75) is 0 Å². The Morgan fingerprint density at radius 1 is 0.300 bits per heavy atom. The highest BCUT2D eigenvalue weighted by Gasteiger charge is 2.38. The van der Waals surface area contributed by atoms with Crippen LogP contribution in [0, 0.1) is 0 Å². The monoisotopic (exact) mass is 741 g/mol. The number of fused-ring (bicyclic) bond motifs is 2. The van der Waals surface area contributed by atoms with E-state index in [0.29, 0.717) is 0 Å². The van der Waals surface area contributed by atoms with Crippen molar-refractivity contribution in [3.63, 3.8) is 0 Å². The standard InChI is InChI=1S/C4H36N27P9/c5-32(6)23-33(7,8)27-39(26-32)19-3-21-40(22-4-20-39)30-37(13)17-1-15-35(11)24-34(9,10)25-36(12,28-35)16-2-18-38(14,29-37)31-40/h15-22H,1-14H2. The summed E-state index contributed by atoms with van der Waals surface area (Å²) in [5, 5.41) is 25.2. The summed E-state index contributed by atoms with van der Waals surface area (Å²) in [6.45, 7) is 0.113. The maximum Gasteiger partial charge on any atom is 0.218 e. The van der Waals surface area contributed by atoms with Crippen LogP contribution < -0.4 is 95.7 Å². The van der Waals surface area contributed by atoms with Crippen LogP contribution in [0.25, 0.3) is 0 Å². The van der Waals surface area contributed by atoms with E-state index in [4.69, 9.17) is 64.1 Å². The van der Waals surface area contributed by atoms with E-state index >= 15 is 0 Å². The molecule has 4 unspecified atom stereocenters. The van der Waals surface area contributed by atoms with Crippen LogP contribution in [0.15, 0.2) is 40.6 Å². The largest absolute Gasteiger partial charge is 0.267 e. The molecule has 36 heteroatoms. The van der Waals surface area contributed by atoms with Crippen LogP contribution in [0.5, 0.6) is 0 Å². The molecule has 0 aromatic rings. The third-order valence-electron chi connectivity index (χ3n) is 4.91. The van der Waals surface area contributed by atoms with E-state index in [1.165, 1.54) is 0 Å². The fraction of sp³-hybridized carbons (Fsp3) is 1.00. The SMILES string of the molecule is NP1(N)=NP(N)(N)=NP2(=N1)NCNP1(=NP3(N)=NP(N)(=N1)NCNP1(N)=NP(N)(=NP(N)(N)=N1)NCN3)NCN2. The molecule has 2 spiro atoms. The van der Waals surface area contributed by atoms with Crippen LogP contribution in [0.4, 0.5) is 0 Å². The Hall–Kier alpha value is 1.35. The second-order valence-corrected chi connectivity index (χ2v) is 29.5. The van der Waals surface area contributed by atoms with Crippen LogP contribution in [0.3, 0.4) is 0 Å². The lowest BCUT2D eigenvalue weighted by molar-refractivity contribution is 0.774. The van der Waals surface area contributed by atoms with Gasteiger partial charge >= 0.3 is 0 Å². The molecule has 27 nitrogen and oxygen atoms in total. The lowest BCUT2D eigenvalue weighted by atomic mass is 11.3. The van der Waals surface area contributed by atoms with Crippen molar-refractivity contribution in [2.24, 2.45) is 95.7 Å². The molecule has 5 rings (SSSR count). The van der Waals surface area contributed by atoms with Crippen molar-refractivity contribution in [3.8, 4) is 0 Å². The lowest BCUT2D eigenvalue weighted by Gasteiger charge is -2.38. The Morgan fingerprint density at radius 2 is 0.650 bits per heavy atom. The lowest BCUT2D eigenvalue weighted by Crippen LogP contribution is -2.41. The molecule has 5 heterocycles. The van der Waals surface area contributed by atoms with Gasteiger partial charge in [-0.1, -0.05) is 0 Å². The van der Waals surface area contributed by atoms with Gasteiger partial charge in [-0.3, -0.25) is 55.0 Å². The van der Waals surface area contributed by atoms with Gasteiger partial charge in [0.2, 0.25) is 67.6 Å². The van der Waals surface area contributed by atoms with E-state index < -0.39 is 67.6 Å². The molecule has 0 saturated carbocycles. The molecule has 1 fully saturated rings. The Kier molecular flexibility index (Phi) is 8.77. The normalized spacial score (nSPS) is 42.8. The Labute approximate surface area is 230 Å². The van der Waals surface area contributed by atoms with Crippen molar-refractivity contribution in [2.75, 3.05) is 26.7 Å². The number of hydrogen-bond acceptors (Lipinski definition) is 27. The van der Waals surface area contributed by atoms with Gasteiger partial charge in [0.1, 0.15) is 0 Å². The maximum absolute atomic E-state index is 6.71. The second-order valence-electron chi connectivity index (χ2n) is 8.68. The van der Waals surface area contributed by atoms with Gasteiger partial charge < -0.3 is 0 Å². The van der Waals surface area contributed by atoms with Crippen molar-refractivity contribution >= 4 is 67.6 Å². The summed E-state index contributed by atoms with van der Waals surface area (Å²) in [4.78, 5) is 0. The zero-order valence-electron chi connectivity index (χ0n) is 20.7. The van der Waals surface area contributed by atoms with Crippen molar-refractivity contribution < 1.29 is 0 Å². The molecule has 1 saturated heterocycles. The van der Waals surface area contributed by atoms with Crippen LogP contribution in [-0.4, -0.2) is 26.7 Å². The first-order valence-electron chi connectivity index (χ1n) is 10.8. The van der Waals surface area contributed by atoms with Gasteiger partial charge in [-0.05, 0) is 0 Å². The quantitative estimate of drug-likeness (QED) is 0.142. The molecule has 5 aliphatic rings. The van der Waals surface area contributed by atoms with Gasteiger partial charge in [0.05, 0.1) is 26.7 Å². The smallest absolute Gasteiger partial charge is 0.218 e. The van der Waals surface area contributed by atoms with E-state index in [1.54, 1.807) is 0 Å². The molecular weight excluding hydrogens is 705 g/mol. The number of nitrogens with zero attached hydrogens (tertiary/aromatic N) is 9. The third-order valence-corrected chi connectivity index (χ3v) is 29.6. The zero-order chi connectivity index (χ0) is 29.3. The highest BCUT2D eigenvalue weighted by atomic mass is 31.3. The summed E-state index contributed by atoms with van der Waals surface area (Å²) >= 11 is 0. The molecule has 0 aromatic heterocycles. The number of hydrogen-bond donors (Lipinski definition) is 18. The Bertz CT molecular complexity index is 1570. The average molecular weight is 741 g/mol. The maximum atomic E-state index is 6.71. The van der Waals surface area contributed by atoms with Gasteiger partial charge in [-0.15, -0.1) is 0 Å². The summed E-state index contributed by atoms with van der Waals surface area (Å²) in [5.41, 5.74) is 62.7. The fourth-order valence-corrected chi connectivity index (χ4v) is 30.3. The summed E-state index contributed by atoms with van der Waals surface area (Å²) in [6, 6.07) is 0. The molecule has 5 aliphatic heterocycles. The van der Waals surface area contributed by atoms with Gasteiger partial charge in [0, 0.05) is 0 Å². The first-order chi connectivity index (χ1) is 18.2. The minimum atomic E-state index is -3.19. The van der Waals surface area contributed by atoms with Crippen molar-refractivity contribution in [1.29, 1.82) is 0 Å². The van der Waals surface area contributed by atoms with E-state index in [9.17, 15) is 0 Å². The van der Waals surface area contributed by atoms with Crippen molar-refractivity contribution in [1.82, 2.24) is 40.7 Å². The molecular formula is C4H36N27P9. The van der Waals surface area contributed by atoms with Crippen LogP contribution in [0.1, 0.15) is 0 Å². The minimum absolute atomic E-state index is 0.0153. The van der Waals surface area contributed by atoms with Crippen molar-refractivity contribution in [3.05, 3.63) is 0 Å². The van der Waals surface area contributed by atoms with Crippen LogP contribution in [0.2, 0.25) is 0 Å². The van der Waals surface area contributed by atoms with Crippen LogP contribution >= 0.6 is 67.6 Å². The Morgan fingerprint density at radius 3 is 1.15 bits per heavy atom. The zero-order valence-corrected chi connectivity index (χ0v) is 28.7. The number of nitrogens with two attached hydrogens (primary N) is 10. The first-order valence-corrected chi connectivity index (χ1v) is 26.7. The Balaban J connectivity index is 1.49. The number of nitrogens with one attached hydrogen (secondary N) is 8. The fourth-order valence-electron chi connectivity index (χ4n) is 3.72. The summed E-state index contributed by atoms with van der Waals surface area (Å²) < 4.78 is 40.2. The predicted octanol–water partition coefficient (Wildman–Crippen LogP) is -0.296. The summed E-state index contributed by atoms with van der Waals surface area (Å²) in [6.07, 6.45) is 0. The highest BCUT2D eigenvalue weighted by Crippen LogP contribution is 2.70.